The summed E-state index contributed by atoms with van der Waals surface area (Å²) in [5.41, 5.74) is 2.85. The standard InChI is InChI=1S/C29H33N3O6S/c1-18-3-9-25-23(15-18)27(29(34)35)24-16-22(8-10-26(24)31-25)39(36,37)32-13-11-20(12-14-32)28(33)30-17-19-4-6-21(38-2)7-5-19/h4-8,10,16,18,20H,3,9,11-15,17H2,1-2H3,(H,30,33)(H,34,35)/p-1. The topological polar surface area (TPSA) is 129 Å². The van der Waals surface area contributed by atoms with E-state index < -0.39 is 16.0 Å². The number of sulfonamides is 1. The Balaban J connectivity index is 1.29. The van der Waals surface area contributed by atoms with Gasteiger partial charge in [0, 0.05) is 42.2 Å². The van der Waals surface area contributed by atoms with Gasteiger partial charge in [-0.25, -0.2) is 8.42 Å². The van der Waals surface area contributed by atoms with Gasteiger partial charge in [-0.2, -0.15) is 4.31 Å². The largest absolute Gasteiger partial charge is 0.545 e. The lowest BCUT2D eigenvalue weighted by Crippen LogP contribution is -2.42. The summed E-state index contributed by atoms with van der Waals surface area (Å²) < 4.78 is 33.6. The molecule has 2 aromatic carbocycles. The fourth-order valence-electron chi connectivity index (χ4n) is 5.57. The fraction of sp³-hybridized carbons (Fsp3) is 0.414. The van der Waals surface area contributed by atoms with E-state index in [0.717, 1.165) is 23.4 Å². The third kappa shape index (κ3) is 5.49. The van der Waals surface area contributed by atoms with Crippen molar-refractivity contribution in [3.05, 3.63) is 64.8 Å². The first-order valence-corrected chi connectivity index (χ1v) is 14.7. The predicted octanol–water partition coefficient (Wildman–Crippen LogP) is 2.45. The zero-order chi connectivity index (χ0) is 27.7. The Labute approximate surface area is 228 Å². The van der Waals surface area contributed by atoms with Crippen LogP contribution in [-0.2, 0) is 34.2 Å². The van der Waals surface area contributed by atoms with Gasteiger partial charge >= 0.3 is 0 Å². The van der Waals surface area contributed by atoms with E-state index in [2.05, 4.69) is 17.2 Å². The highest BCUT2D eigenvalue weighted by Gasteiger charge is 2.33. The van der Waals surface area contributed by atoms with Crippen LogP contribution in [0.1, 0.15) is 53.4 Å². The minimum atomic E-state index is -3.89. The highest BCUT2D eigenvalue weighted by Crippen LogP contribution is 2.33. The van der Waals surface area contributed by atoms with Crippen molar-refractivity contribution < 1.29 is 27.9 Å². The summed E-state index contributed by atoms with van der Waals surface area (Å²) >= 11 is 0. The second-order valence-electron chi connectivity index (χ2n) is 10.5. The van der Waals surface area contributed by atoms with E-state index in [1.807, 2.05) is 24.3 Å². The quantitative estimate of drug-likeness (QED) is 0.478. The molecular formula is C29H32N3O6S-. The van der Waals surface area contributed by atoms with E-state index >= 15 is 0 Å². The molecule has 206 valence electrons. The molecule has 0 bridgehead atoms. The van der Waals surface area contributed by atoms with E-state index in [9.17, 15) is 23.1 Å². The van der Waals surface area contributed by atoms with E-state index in [-0.39, 0.29) is 40.8 Å². The van der Waals surface area contributed by atoms with Gasteiger partial charge in [0.15, 0.2) is 0 Å². The number of hydrogen-bond donors (Lipinski definition) is 1. The first-order valence-electron chi connectivity index (χ1n) is 13.2. The lowest BCUT2D eigenvalue weighted by molar-refractivity contribution is -0.254. The zero-order valence-corrected chi connectivity index (χ0v) is 22.9. The number of methoxy groups -OCH3 is 1. The normalized spacial score (nSPS) is 18.5. The summed E-state index contributed by atoms with van der Waals surface area (Å²) in [5, 5.41) is 15.4. The van der Waals surface area contributed by atoms with Crippen LogP contribution >= 0.6 is 0 Å². The second-order valence-corrected chi connectivity index (χ2v) is 12.4. The third-order valence-electron chi connectivity index (χ3n) is 7.86. The van der Waals surface area contributed by atoms with Crippen molar-refractivity contribution in [2.24, 2.45) is 11.8 Å². The van der Waals surface area contributed by atoms with Crippen LogP contribution < -0.4 is 15.2 Å². The Bertz CT molecular complexity index is 1510. The summed E-state index contributed by atoms with van der Waals surface area (Å²) in [6.45, 7) is 2.86. The number of rotatable bonds is 7. The molecule has 1 aliphatic carbocycles. The maximum absolute atomic E-state index is 13.5. The lowest BCUT2D eigenvalue weighted by atomic mass is 9.84. The first-order chi connectivity index (χ1) is 18.7. The van der Waals surface area contributed by atoms with Crippen molar-refractivity contribution in [1.82, 2.24) is 14.6 Å². The van der Waals surface area contributed by atoms with Gasteiger partial charge < -0.3 is 20.0 Å². The maximum Gasteiger partial charge on any atom is 0.243 e. The number of carbonyl (C=O) groups excluding carboxylic acids is 2. The van der Waals surface area contributed by atoms with Crippen molar-refractivity contribution in [3.8, 4) is 5.75 Å². The highest BCUT2D eigenvalue weighted by molar-refractivity contribution is 7.89. The smallest absolute Gasteiger partial charge is 0.243 e. The number of hydrogen-bond acceptors (Lipinski definition) is 7. The molecule has 2 heterocycles. The number of aryl methyl sites for hydroxylation is 1. The molecule has 39 heavy (non-hydrogen) atoms. The third-order valence-corrected chi connectivity index (χ3v) is 9.76. The van der Waals surface area contributed by atoms with Crippen LogP contribution in [0.5, 0.6) is 5.75 Å². The number of ether oxygens (including phenoxy) is 1. The second kappa shape index (κ2) is 10.9. The average Bonchev–Trinajstić information content (AvgIpc) is 2.94. The molecule has 1 saturated heterocycles. The number of nitrogens with one attached hydrogen (secondary N) is 1. The Morgan fingerprint density at radius 1 is 1.10 bits per heavy atom. The summed E-state index contributed by atoms with van der Waals surface area (Å²) in [5.74, 6) is -0.641. The molecule has 1 aromatic heterocycles. The Morgan fingerprint density at radius 2 is 1.82 bits per heavy atom. The Kier molecular flexibility index (Phi) is 7.59. The fourth-order valence-corrected chi connectivity index (χ4v) is 7.07. The molecule has 1 unspecified atom stereocenters. The van der Waals surface area contributed by atoms with Crippen LogP contribution in [0.15, 0.2) is 47.4 Å². The number of pyridine rings is 1. The van der Waals surface area contributed by atoms with E-state index in [1.54, 1.807) is 13.2 Å². The van der Waals surface area contributed by atoms with Gasteiger partial charge in [-0.1, -0.05) is 19.1 Å². The Morgan fingerprint density at radius 3 is 2.49 bits per heavy atom. The molecule has 5 rings (SSSR count). The average molecular weight is 551 g/mol. The van der Waals surface area contributed by atoms with Crippen LogP contribution in [0.2, 0.25) is 0 Å². The monoisotopic (exact) mass is 550 g/mol. The summed E-state index contributed by atoms with van der Waals surface area (Å²) in [4.78, 5) is 29.6. The van der Waals surface area contributed by atoms with E-state index in [1.165, 1.54) is 16.4 Å². The molecule has 1 aliphatic heterocycles. The van der Waals surface area contributed by atoms with Gasteiger partial charge in [0.1, 0.15) is 5.75 Å². The van der Waals surface area contributed by atoms with Gasteiger partial charge in [-0.3, -0.25) is 9.78 Å². The predicted molar refractivity (Wildman–Crippen MR) is 144 cm³/mol. The van der Waals surface area contributed by atoms with Crippen LogP contribution in [0.25, 0.3) is 10.9 Å². The molecule has 0 saturated carbocycles. The number of piperidine rings is 1. The molecule has 1 atom stereocenters. The van der Waals surface area contributed by atoms with Gasteiger partial charge in [0.25, 0.3) is 0 Å². The molecule has 0 radical (unpaired) electrons. The van der Waals surface area contributed by atoms with E-state index in [4.69, 9.17) is 4.74 Å². The summed E-state index contributed by atoms with van der Waals surface area (Å²) in [7, 11) is -2.30. The molecule has 1 N–H and O–H groups in total. The van der Waals surface area contributed by atoms with Crippen molar-refractivity contribution in [2.45, 2.75) is 50.5 Å². The van der Waals surface area contributed by atoms with Crippen LogP contribution in [0.3, 0.4) is 0 Å². The van der Waals surface area contributed by atoms with Crippen molar-refractivity contribution in [2.75, 3.05) is 20.2 Å². The molecule has 2 aliphatic rings. The number of aromatic carboxylic acids is 1. The number of amides is 1. The lowest BCUT2D eigenvalue weighted by Gasteiger charge is -2.31. The van der Waals surface area contributed by atoms with Gasteiger partial charge in [0.2, 0.25) is 15.9 Å². The zero-order valence-electron chi connectivity index (χ0n) is 22.1. The molecule has 1 fully saturated rings. The van der Waals surface area contributed by atoms with Crippen molar-refractivity contribution in [1.29, 1.82) is 0 Å². The van der Waals surface area contributed by atoms with Gasteiger partial charge in [-0.05, 0) is 79.5 Å². The van der Waals surface area contributed by atoms with Crippen LogP contribution in [-0.4, -0.2) is 49.8 Å². The molecule has 9 nitrogen and oxygen atoms in total. The van der Waals surface area contributed by atoms with Crippen LogP contribution in [0.4, 0.5) is 0 Å². The number of benzene rings is 2. The molecule has 3 aromatic rings. The van der Waals surface area contributed by atoms with Gasteiger partial charge in [0.05, 0.1) is 23.5 Å². The van der Waals surface area contributed by atoms with Crippen LogP contribution in [0, 0.1) is 11.8 Å². The molecular weight excluding hydrogens is 518 g/mol. The van der Waals surface area contributed by atoms with Crippen molar-refractivity contribution in [3.63, 3.8) is 0 Å². The molecule has 0 spiro atoms. The minimum Gasteiger partial charge on any atom is -0.545 e. The Hall–Kier alpha value is -3.50. The number of nitrogens with zero attached hydrogens (tertiary/aromatic N) is 2. The SMILES string of the molecule is COc1ccc(CNC(=O)C2CCN(S(=O)(=O)c3ccc4nc5c(c(C(=O)[O-])c4c3)CC(C)CC5)CC2)cc1. The number of carbonyl (C=O) groups is 2. The van der Waals surface area contributed by atoms with Gasteiger partial charge in [-0.15, -0.1) is 0 Å². The highest BCUT2D eigenvalue weighted by atomic mass is 32.2. The number of carboxylic acids is 1. The summed E-state index contributed by atoms with van der Waals surface area (Å²) in [6, 6.07) is 11.9. The number of aromatic nitrogens is 1. The maximum atomic E-state index is 13.5. The number of carboxylic acid groups (broad SMARTS) is 1. The first kappa shape index (κ1) is 27.1. The minimum absolute atomic E-state index is 0.0190. The van der Waals surface area contributed by atoms with E-state index in [0.29, 0.717) is 49.2 Å². The molecule has 1 amide bonds. The van der Waals surface area contributed by atoms with Crippen molar-refractivity contribution >= 4 is 32.8 Å². The molecule has 10 heteroatoms. The summed E-state index contributed by atoms with van der Waals surface area (Å²) in [6.07, 6.45) is 3.00. The number of fused-ring (bicyclic) bond motifs is 2.